The van der Waals surface area contributed by atoms with E-state index >= 15 is 0 Å². The van der Waals surface area contributed by atoms with Gasteiger partial charge in [0.2, 0.25) is 5.91 Å². The highest BCUT2D eigenvalue weighted by Crippen LogP contribution is 2.39. The number of carbonyl (C=O) groups is 1. The van der Waals surface area contributed by atoms with E-state index < -0.39 is 0 Å². The third-order valence-electron chi connectivity index (χ3n) is 2.88. The number of hydrogen-bond acceptors (Lipinski definition) is 3. The molecule has 0 aromatic heterocycles. The van der Waals surface area contributed by atoms with Gasteiger partial charge in [0.25, 0.3) is 0 Å². The summed E-state index contributed by atoms with van der Waals surface area (Å²) in [6.07, 6.45) is 2.07. The van der Waals surface area contributed by atoms with Gasteiger partial charge in [-0.3, -0.25) is 4.79 Å². The van der Waals surface area contributed by atoms with Crippen LogP contribution in [0.1, 0.15) is 33.6 Å². The van der Waals surface area contributed by atoms with Crippen molar-refractivity contribution < 1.29 is 4.79 Å². The molecule has 0 aliphatic carbocycles. The van der Waals surface area contributed by atoms with Crippen LogP contribution in [0.15, 0.2) is 0 Å². The standard InChI is InChI=1S/C11H20N2OS2/c1-8(2)13(7-9(12)15)10(14)11(3)5-4-6-16-11/h8H,4-7H2,1-3H3,(H2,12,15). The van der Waals surface area contributed by atoms with E-state index in [0.29, 0.717) is 11.5 Å². The van der Waals surface area contributed by atoms with Crippen molar-refractivity contribution in [3.8, 4) is 0 Å². The summed E-state index contributed by atoms with van der Waals surface area (Å²) in [6.45, 7) is 6.42. The maximum absolute atomic E-state index is 12.4. The number of hydrogen-bond donors (Lipinski definition) is 1. The van der Waals surface area contributed by atoms with E-state index in [4.69, 9.17) is 18.0 Å². The number of nitrogens with two attached hydrogens (primary N) is 1. The molecule has 5 heteroatoms. The lowest BCUT2D eigenvalue weighted by atomic mass is 10.0. The van der Waals surface area contributed by atoms with Gasteiger partial charge in [0, 0.05) is 6.04 Å². The van der Waals surface area contributed by atoms with E-state index in [0.717, 1.165) is 18.6 Å². The minimum absolute atomic E-state index is 0.145. The number of thiocarbonyl (C=S) groups is 1. The normalized spacial score (nSPS) is 24.8. The van der Waals surface area contributed by atoms with Gasteiger partial charge >= 0.3 is 0 Å². The zero-order valence-electron chi connectivity index (χ0n) is 10.2. The maximum atomic E-state index is 12.4. The van der Waals surface area contributed by atoms with Gasteiger partial charge in [-0.15, -0.1) is 11.8 Å². The van der Waals surface area contributed by atoms with E-state index in [-0.39, 0.29) is 16.7 Å². The zero-order chi connectivity index (χ0) is 12.3. The van der Waals surface area contributed by atoms with Crippen molar-refractivity contribution >= 4 is 34.9 Å². The molecule has 0 saturated carbocycles. The summed E-state index contributed by atoms with van der Waals surface area (Å²) in [5.41, 5.74) is 5.54. The van der Waals surface area contributed by atoms with Crippen molar-refractivity contribution in [1.29, 1.82) is 0 Å². The monoisotopic (exact) mass is 260 g/mol. The molecule has 0 spiro atoms. The molecule has 0 bridgehead atoms. The topological polar surface area (TPSA) is 46.3 Å². The Labute approximate surface area is 107 Å². The van der Waals surface area contributed by atoms with Gasteiger partial charge in [0.15, 0.2) is 0 Å². The summed E-state index contributed by atoms with van der Waals surface area (Å²) >= 11 is 6.65. The van der Waals surface area contributed by atoms with Gasteiger partial charge in [-0.2, -0.15) is 0 Å². The highest BCUT2D eigenvalue weighted by atomic mass is 32.2. The molecule has 0 aromatic carbocycles. The highest BCUT2D eigenvalue weighted by molar-refractivity contribution is 8.01. The highest BCUT2D eigenvalue weighted by Gasteiger charge is 2.40. The van der Waals surface area contributed by atoms with E-state index in [1.807, 2.05) is 20.8 Å². The van der Waals surface area contributed by atoms with Crippen molar-refractivity contribution in [2.75, 3.05) is 12.3 Å². The van der Waals surface area contributed by atoms with Crippen LogP contribution in [0.25, 0.3) is 0 Å². The summed E-state index contributed by atoms with van der Waals surface area (Å²) in [5.74, 6) is 1.25. The van der Waals surface area contributed by atoms with Crippen LogP contribution >= 0.6 is 24.0 Å². The number of carbonyl (C=O) groups excluding carboxylic acids is 1. The van der Waals surface area contributed by atoms with Crippen molar-refractivity contribution in [1.82, 2.24) is 4.90 Å². The zero-order valence-corrected chi connectivity index (χ0v) is 11.8. The fourth-order valence-electron chi connectivity index (χ4n) is 1.91. The van der Waals surface area contributed by atoms with Gasteiger partial charge in [0.1, 0.15) is 0 Å². The van der Waals surface area contributed by atoms with Crippen LogP contribution in [0.2, 0.25) is 0 Å². The van der Waals surface area contributed by atoms with Gasteiger partial charge in [-0.1, -0.05) is 12.2 Å². The fraction of sp³-hybridized carbons (Fsp3) is 0.818. The first-order valence-corrected chi connectivity index (χ1v) is 6.99. The second kappa shape index (κ2) is 5.36. The van der Waals surface area contributed by atoms with Crippen molar-refractivity contribution in [2.24, 2.45) is 5.73 Å². The molecule has 1 aliphatic rings. The van der Waals surface area contributed by atoms with Crippen molar-refractivity contribution in [3.63, 3.8) is 0 Å². The average molecular weight is 260 g/mol. The summed E-state index contributed by atoms with van der Waals surface area (Å²) in [7, 11) is 0. The Balaban J connectivity index is 2.77. The van der Waals surface area contributed by atoms with Crippen LogP contribution in [-0.4, -0.2) is 38.9 Å². The minimum Gasteiger partial charge on any atom is -0.392 e. The molecule has 1 amide bonds. The molecule has 1 atom stereocenters. The van der Waals surface area contributed by atoms with Crippen LogP contribution in [0.3, 0.4) is 0 Å². The molecule has 1 aliphatic heterocycles. The second-order valence-corrected chi connectivity index (χ2v) is 6.80. The maximum Gasteiger partial charge on any atom is 0.239 e. The van der Waals surface area contributed by atoms with Gasteiger partial charge in [0.05, 0.1) is 16.3 Å². The van der Waals surface area contributed by atoms with E-state index in [2.05, 4.69) is 0 Å². The number of nitrogens with zero attached hydrogens (tertiary/aromatic N) is 1. The molecule has 0 aromatic rings. The lowest BCUT2D eigenvalue weighted by Crippen LogP contribution is -2.49. The molecule has 0 radical (unpaired) electrons. The summed E-state index contributed by atoms with van der Waals surface area (Å²) < 4.78 is -0.269. The fourth-order valence-corrected chi connectivity index (χ4v) is 3.32. The lowest BCUT2D eigenvalue weighted by molar-refractivity contribution is -0.134. The first-order valence-electron chi connectivity index (χ1n) is 5.60. The molecule has 16 heavy (non-hydrogen) atoms. The molecule has 1 saturated heterocycles. The van der Waals surface area contributed by atoms with Crippen molar-refractivity contribution in [3.05, 3.63) is 0 Å². The third kappa shape index (κ3) is 3.10. The number of thioether (sulfide) groups is 1. The first-order chi connectivity index (χ1) is 7.37. The second-order valence-electron chi connectivity index (χ2n) is 4.68. The summed E-state index contributed by atoms with van der Waals surface area (Å²) in [5, 5.41) is 0. The van der Waals surface area contributed by atoms with Crippen LogP contribution in [-0.2, 0) is 4.79 Å². The molecule has 1 fully saturated rings. The molecule has 1 unspecified atom stereocenters. The van der Waals surface area contributed by atoms with Gasteiger partial charge in [-0.05, 0) is 39.4 Å². The Morgan fingerprint density at radius 2 is 2.25 bits per heavy atom. The van der Waals surface area contributed by atoms with E-state index in [9.17, 15) is 4.79 Å². The third-order valence-corrected chi connectivity index (χ3v) is 4.52. The van der Waals surface area contributed by atoms with Gasteiger partial charge in [-0.25, -0.2) is 0 Å². The van der Waals surface area contributed by atoms with Crippen LogP contribution in [0, 0.1) is 0 Å². The predicted molar refractivity (Wildman–Crippen MR) is 73.7 cm³/mol. The Bertz CT molecular complexity index is 286. The summed E-state index contributed by atoms with van der Waals surface area (Å²) in [4.78, 5) is 14.6. The Hall–Kier alpha value is -0.290. The average Bonchev–Trinajstić information content (AvgIpc) is 2.61. The number of rotatable bonds is 4. The molecule has 92 valence electrons. The Morgan fingerprint density at radius 3 is 2.62 bits per heavy atom. The predicted octanol–water partition coefficient (Wildman–Crippen LogP) is 1.80. The molecule has 1 rings (SSSR count). The molecule has 2 N–H and O–H groups in total. The number of amides is 1. The first kappa shape index (κ1) is 13.8. The SMILES string of the molecule is CC(C)N(CC(N)=S)C(=O)C1(C)CCCS1. The van der Waals surface area contributed by atoms with Crippen LogP contribution in [0.5, 0.6) is 0 Å². The Kier molecular flexibility index (Phi) is 4.62. The Morgan fingerprint density at radius 1 is 1.62 bits per heavy atom. The minimum atomic E-state index is -0.269. The van der Waals surface area contributed by atoms with Crippen LogP contribution < -0.4 is 5.73 Å². The molecular weight excluding hydrogens is 240 g/mol. The molecular formula is C11H20N2OS2. The van der Waals surface area contributed by atoms with Crippen LogP contribution in [0.4, 0.5) is 0 Å². The quantitative estimate of drug-likeness (QED) is 0.783. The largest absolute Gasteiger partial charge is 0.392 e. The summed E-state index contributed by atoms with van der Waals surface area (Å²) in [6, 6.07) is 0.145. The van der Waals surface area contributed by atoms with Crippen molar-refractivity contribution in [2.45, 2.75) is 44.4 Å². The van der Waals surface area contributed by atoms with E-state index in [1.165, 1.54) is 0 Å². The molecule has 3 nitrogen and oxygen atoms in total. The van der Waals surface area contributed by atoms with E-state index in [1.54, 1.807) is 16.7 Å². The van der Waals surface area contributed by atoms with Gasteiger partial charge < -0.3 is 10.6 Å². The molecule has 1 heterocycles. The lowest BCUT2D eigenvalue weighted by Gasteiger charge is -2.33. The smallest absolute Gasteiger partial charge is 0.239 e.